The Morgan fingerprint density at radius 1 is 1.10 bits per heavy atom. The van der Waals surface area contributed by atoms with E-state index in [9.17, 15) is 0 Å². The number of rotatable bonds is 2. The van der Waals surface area contributed by atoms with Crippen molar-refractivity contribution in [2.24, 2.45) is 7.05 Å². The van der Waals surface area contributed by atoms with Crippen LogP contribution in [-0.4, -0.2) is 19.7 Å². The maximum Gasteiger partial charge on any atom is 0.180 e. The summed E-state index contributed by atoms with van der Waals surface area (Å²) in [7, 11) is 1.81. The monoisotopic (exact) mass is 329 g/mol. The Bertz CT molecular complexity index is 752. The van der Waals surface area contributed by atoms with E-state index in [2.05, 4.69) is 31.0 Å². The van der Waals surface area contributed by atoms with E-state index < -0.39 is 0 Å². The highest BCUT2D eigenvalue weighted by atomic mass is 79.9. The molecule has 0 aliphatic rings. The number of aryl methyl sites for hydroxylation is 1. The van der Waals surface area contributed by atoms with Gasteiger partial charge in [-0.15, -0.1) is 0 Å². The van der Waals surface area contributed by atoms with Crippen molar-refractivity contribution in [2.45, 2.75) is 0 Å². The Hall–Kier alpha value is -2.21. The van der Waals surface area contributed by atoms with Crippen molar-refractivity contribution in [3.05, 3.63) is 47.2 Å². The van der Waals surface area contributed by atoms with Crippen LogP contribution in [0.25, 0.3) is 22.6 Å². The van der Waals surface area contributed by atoms with Crippen molar-refractivity contribution in [1.82, 2.24) is 19.7 Å². The van der Waals surface area contributed by atoms with Gasteiger partial charge in [0.15, 0.2) is 5.82 Å². The molecule has 0 aliphatic carbocycles. The van der Waals surface area contributed by atoms with Crippen LogP contribution in [0.4, 0.5) is 5.82 Å². The fraction of sp³-hybridized carbons (Fsp3) is 0.0714. The van der Waals surface area contributed by atoms with Gasteiger partial charge in [0.05, 0.1) is 5.56 Å². The molecule has 100 valence electrons. The average molecular weight is 330 g/mol. The second kappa shape index (κ2) is 5.05. The van der Waals surface area contributed by atoms with Crippen LogP contribution in [0.15, 0.2) is 47.2 Å². The second-order valence-corrected chi connectivity index (χ2v) is 5.14. The summed E-state index contributed by atoms with van der Waals surface area (Å²) in [5.41, 5.74) is 8.66. The summed E-state index contributed by atoms with van der Waals surface area (Å²) in [6.45, 7) is 0. The summed E-state index contributed by atoms with van der Waals surface area (Å²) in [5, 5.41) is 4.44. The van der Waals surface area contributed by atoms with Crippen molar-refractivity contribution in [1.29, 1.82) is 0 Å². The van der Waals surface area contributed by atoms with Gasteiger partial charge in [0, 0.05) is 29.5 Å². The highest BCUT2D eigenvalue weighted by molar-refractivity contribution is 9.10. The molecule has 2 heterocycles. The third kappa shape index (κ3) is 2.08. The van der Waals surface area contributed by atoms with Crippen LogP contribution < -0.4 is 5.73 Å². The quantitative estimate of drug-likeness (QED) is 0.784. The summed E-state index contributed by atoms with van der Waals surface area (Å²) in [4.78, 5) is 8.52. The first-order valence-electron chi connectivity index (χ1n) is 6.03. The third-order valence-corrected chi connectivity index (χ3v) is 3.70. The topological polar surface area (TPSA) is 69.6 Å². The van der Waals surface area contributed by atoms with Crippen molar-refractivity contribution in [3.8, 4) is 22.6 Å². The maximum atomic E-state index is 6.17. The van der Waals surface area contributed by atoms with Crippen LogP contribution in [0.1, 0.15) is 0 Å². The van der Waals surface area contributed by atoms with E-state index in [-0.39, 0.29) is 0 Å². The molecule has 0 unspecified atom stereocenters. The van der Waals surface area contributed by atoms with E-state index in [1.807, 2.05) is 31.3 Å². The highest BCUT2D eigenvalue weighted by Gasteiger charge is 2.20. The molecule has 0 atom stereocenters. The Morgan fingerprint density at radius 3 is 2.50 bits per heavy atom. The number of hydrogen-bond donors (Lipinski definition) is 1. The van der Waals surface area contributed by atoms with Crippen LogP contribution in [-0.2, 0) is 7.05 Å². The molecule has 5 nitrogen and oxygen atoms in total. The van der Waals surface area contributed by atoms with Crippen LogP contribution in [0.5, 0.6) is 0 Å². The van der Waals surface area contributed by atoms with Gasteiger partial charge in [-0.1, -0.05) is 34.1 Å². The van der Waals surface area contributed by atoms with E-state index in [0.29, 0.717) is 17.3 Å². The summed E-state index contributed by atoms with van der Waals surface area (Å²) < 4.78 is 2.59. The van der Waals surface area contributed by atoms with Gasteiger partial charge in [-0.2, -0.15) is 5.10 Å². The molecule has 0 radical (unpaired) electrons. The molecule has 2 aromatic heterocycles. The molecule has 0 spiro atoms. The number of anilines is 1. The van der Waals surface area contributed by atoms with Gasteiger partial charge in [-0.05, 0) is 12.1 Å². The van der Waals surface area contributed by atoms with Crippen molar-refractivity contribution in [2.75, 3.05) is 5.73 Å². The number of hydrogen-bond acceptors (Lipinski definition) is 4. The maximum absolute atomic E-state index is 6.17. The largest absolute Gasteiger partial charge is 0.383 e. The summed E-state index contributed by atoms with van der Waals surface area (Å²) in [6.07, 6.45) is 3.38. The first-order valence-corrected chi connectivity index (χ1v) is 6.82. The number of nitrogen functional groups attached to an aromatic ring is 1. The molecule has 0 saturated heterocycles. The molecule has 0 aliphatic heterocycles. The lowest BCUT2D eigenvalue weighted by molar-refractivity contribution is 0.780. The minimum atomic E-state index is 0.561. The lowest BCUT2D eigenvalue weighted by Gasteiger charge is -2.05. The lowest BCUT2D eigenvalue weighted by Crippen LogP contribution is -1.98. The van der Waals surface area contributed by atoms with Crippen molar-refractivity contribution < 1.29 is 0 Å². The first-order chi connectivity index (χ1) is 9.68. The zero-order chi connectivity index (χ0) is 14.1. The number of aromatic nitrogens is 4. The molecule has 0 fully saturated rings. The minimum Gasteiger partial charge on any atom is -0.383 e. The van der Waals surface area contributed by atoms with E-state index in [0.717, 1.165) is 15.6 Å². The molecule has 0 amide bonds. The number of nitrogens with zero attached hydrogens (tertiary/aromatic N) is 4. The molecule has 0 bridgehead atoms. The Kier molecular flexibility index (Phi) is 3.23. The van der Waals surface area contributed by atoms with Crippen molar-refractivity contribution >= 4 is 21.7 Å². The lowest BCUT2D eigenvalue weighted by atomic mass is 10.1. The average Bonchev–Trinajstić information content (AvgIpc) is 2.77. The zero-order valence-corrected chi connectivity index (χ0v) is 12.4. The Morgan fingerprint density at radius 2 is 1.80 bits per heavy atom. The van der Waals surface area contributed by atoms with E-state index >= 15 is 0 Å². The number of benzene rings is 1. The molecular formula is C14H12BrN5. The van der Waals surface area contributed by atoms with Crippen molar-refractivity contribution in [3.63, 3.8) is 0 Å². The Balaban J connectivity index is 2.29. The molecule has 3 rings (SSSR count). The summed E-state index contributed by atoms with van der Waals surface area (Å²) >= 11 is 3.55. The number of nitrogens with two attached hydrogens (primary N) is 1. The summed E-state index contributed by atoms with van der Waals surface area (Å²) in [5.74, 6) is 1.14. The molecule has 3 aromatic rings. The zero-order valence-electron chi connectivity index (χ0n) is 10.8. The van der Waals surface area contributed by atoms with Crippen LogP contribution in [0.2, 0.25) is 0 Å². The second-order valence-electron chi connectivity index (χ2n) is 4.28. The third-order valence-electron chi connectivity index (χ3n) is 3.01. The Labute approximate surface area is 124 Å². The molecule has 1 aromatic carbocycles. The molecular weight excluding hydrogens is 318 g/mol. The molecule has 2 N–H and O–H groups in total. The van der Waals surface area contributed by atoms with Gasteiger partial charge in [-0.25, -0.2) is 9.97 Å². The van der Waals surface area contributed by atoms with E-state index in [4.69, 9.17) is 5.73 Å². The van der Waals surface area contributed by atoms with E-state index in [1.165, 1.54) is 0 Å². The first kappa shape index (κ1) is 12.8. The fourth-order valence-electron chi connectivity index (χ4n) is 2.04. The highest BCUT2D eigenvalue weighted by Crippen LogP contribution is 2.37. The van der Waals surface area contributed by atoms with Gasteiger partial charge in [0.25, 0.3) is 0 Å². The minimum absolute atomic E-state index is 0.561. The smallest absolute Gasteiger partial charge is 0.180 e. The molecule has 20 heavy (non-hydrogen) atoms. The van der Waals surface area contributed by atoms with Crippen LogP contribution in [0.3, 0.4) is 0 Å². The predicted octanol–water partition coefficient (Wildman–Crippen LogP) is 2.89. The fourth-order valence-corrected chi connectivity index (χ4v) is 2.53. The predicted molar refractivity (Wildman–Crippen MR) is 81.8 cm³/mol. The van der Waals surface area contributed by atoms with Gasteiger partial charge in [0.2, 0.25) is 0 Å². The van der Waals surface area contributed by atoms with Gasteiger partial charge >= 0.3 is 0 Å². The molecule has 6 heteroatoms. The van der Waals surface area contributed by atoms with Crippen LogP contribution in [0, 0.1) is 0 Å². The van der Waals surface area contributed by atoms with Gasteiger partial charge < -0.3 is 5.73 Å². The standard InChI is InChI=1S/C14H12BrN5/c1-20-13(16)11(9-5-2-3-6-10(9)15)12(19-20)14-17-7-4-8-18-14/h2-8H,16H2,1H3. The van der Waals surface area contributed by atoms with Crippen LogP contribution >= 0.6 is 15.9 Å². The summed E-state index contributed by atoms with van der Waals surface area (Å²) in [6, 6.07) is 9.65. The molecule has 0 saturated carbocycles. The van der Waals surface area contributed by atoms with Gasteiger partial charge in [0.1, 0.15) is 11.5 Å². The van der Waals surface area contributed by atoms with Gasteiger partial charge in [-0.3, -0.25) is 4.68 Å². The SMILES string of the molecule is Cn1nc(-c2ncccn2)c(-c2ccccc2Br)c1N. The van der Waals surface area contributed by atoms with E-state index in [1.54, 1.807) is 23.1 Å². The normalized spacial score (nSPS) is 10.7. The number of halogens is 1.